The minimum absolute atomic E-state index is 0.0930. The van der Waals surface area contributed by atoms with E-state index in [0.717, 1.165) is 43.5 Å². The highest BCUT2D eigenvalue weighted by atomic mass is 16.7. The normalized spacial score (nSPS) is 19.9. The number of hydrogen-bond donors (Lipinski definition) is 0. The summed E-state index contributed by atoms with van der Waals surface area (Å²) >= 11 is 0. The Morgan fingerprint density at radius 3 is 2.76 bits per heavy atom. The molecule has 1 aliphatic heterocycles. The molecule has 1 aromatic carbocycles. The molecule has 0 spiro atoms. The molecule has 1 atom stereocenters. The summed E-state index contributed by atoms with van der Waals surface area (Å²) < 4.78 is 11.2. The third-order valence-corrected chi connectivity index (χ3v) is 2.88. The van der Waals surface area contributed by atoms with Crippen LogP contribution in [0.5, 0.6) is 5.75 Å². The van der Waals surface area contributed by atoms with E-state index in [9.17, 15) is 4.79 Å². The van der Waals surface area contributed by atoms with E-state index in [1.807, 2.05) is 24.3 Å². The molecule has 0 aliphatic carbocycles. The van der Waals surface area contributed by atoms with Gasteiger partial charge in [-0.3, -0.25) is 0 Å². The number of rotatable bonds is 5. The van der Waals surface area contributed by atoms with Crippen molar-refractivity contribution in [2.24, 2.45) is 0 Å². The Balaban J connectivity index is 1.86. The number of ether oxygens (including phenoxy) is 2. The first-order valence-electron chi connectivity index (χ1n) is 6.19. The lowest BCUT2D eigenvalue weighted by molar-refractivity contribution is -0.107. The van der Waals surface area contributed by atoms with Gasteiger partial charge >= 0.3 is 0 Å². The summed E-state index contributed by atoms with van der Waals surface area (Å²) in [7, 11) is 0. The molecule has 1 saturated heterocycles. The Kier molecular flexibility index (Phi) is 4.56. The highest BCUT2D eigenvalue weighted by Gasteiger charge is 2.14. The fraction of sp³-hybridized carbons (Fsp3) is 0.500. The van der Waals surface area contributed by atoms with Crippen molar-refractivity contribution in [1.29, 1.82) is 0 Å². The molecule has 1 unspecified atom stereocenters. The van der Waals surface area contributed by atoms with Crippen molar-refractivity contribution in [2.45, 2.75) is 38.4 Å². The van der Waals surface area contributed by atoms with Gasteiger partial charge in [-0.05, 0) is 37.0 Å². The molecule has 17 heavy (non-hydrogen) atoms. The maximum atomic E-state index is 10.3. The Hall–Kier alpha value is -1.35. The van der Waals surface area contributed by atoms with Gasteiger partial charge in [0.05, 0.1) is 6.61 Å². The Labute approximate surface area is 102 Å². The smallest absolute Gasteiger partial charge is 0.199 e. The molecule has 0 bridgehead atoms. The van der Waals surface area contributed by atoms with Crippen molar-refractivity contribution >= 4 is 6.29 Å². The fourth-order valence-electron chi connectivity index (χ4n) is 1.92. The molecule has 0 saturated carbocycles. The predicted octanol–water partition coefficient (Wildman–Crippen LogP) is 2.72. The van der Waals surface area contributed by atoms with Crippen LogP contribution in [-0.2, 0) is 16.0 Å². The fourth-order valence-corrected chi connectivity index (χ4v) is 1.92. The van der Waals surface area contributed by atoms with Gasteiger partial charge in [0.1, 0.15) is 12.0 Å². The molecule has 1 aliphatic rings. The quantitative estimate of drug-likeness (QED) is 0.735. The van der Waals surface area contributed by atoms with Gasteiger partial charge in [-0.2, -0.15) is 0 Å². The lowest BCUT2D eigenvalue weighted by Gasteiger charge is -2.23. The predicted molar refractivity (Wildman–Crippen MR) is 65.0 cm³/mol. The van der Waals surface area contributed by atoms with Gasteiger partial charge in [-0.1, -0.05) is 12.1 Å². The third kappa shape index (κ3) is 3.86. The van der Waals surface area contributed by atoms with Crippen LogP contribution >= 0.6 is 0 Å². The van der Waals surface area contributed by atoms with Gasteiger partial charge in [0, 0.05) is 12.8 Å². The third-order valence-electron chi connectivity index (χ3n) is 2.88. The molecular weight excluding hydrogens is 216 g/mol. The van der Waals surface area contributed by atoms with E-state index in [1.54, 1.807) is 0 Å². The second kappa shape index (κ2) is 6.40. The van der Waals surface area contributed by atoms with Crippen molar-refractivity contribution in [2.75, 3.05) is 6.61 Å². The Morgan fingerprint density at radius 2 is 2.12 bits per heavy atom. The number of benzene rings is 1. The first-order valence-corrected chi connectivity index (χ1v) is 6.19. The molecule has 3 heteroatoms. The molecule has 2 rings (SSSR count). The largest absolute Gasteiger partial charge is 0.465 e. The topological polar surface area (TPSA) is 35.5 Å². The molecule has 0 radical (unpaired) electrons. The van der Waals surface area contributed by atoms with Gasteiger partial charge in [0.25, 0.3) is 0 Å². The van der Waals surface area contributed by atoms with E-state index in [-0.39, 0.29) is 6.29 Å². The molecule has 0 aromatic heterocycles. The summed E-state index contributed by atoms with van der Waals surface area (Å²) in [6.07, 6.45) is 5.49. The summed E-state index contributed by atoms with van der Waals surface area (Å²) in [6.45, 7) is 0.794. The van der Waals surface area contributed by atoms with Crippen molar-refractivity contribution in [3.63, 3.8) is 0 Å². The second-order valence-corrected chi connectivity index (χ2v) is 4.26. The van der Waals surface area contributed by atoms with Crippen LogP contribution in [0.1, 0.15) is 31.2 Å². The second-order valence-electron chi connectivity index (χ2n) is 4.26. The number of aldehydes is 1. The van der Waals surface area contributed by atoms with Gasteiger partial charge in [-0.25, -0.2) is 0 Å². The van der Waals surface area contributed by atoms with Crippen LogP contribution in [0.15, 0.2) is 24.3 Å². The Bertz CT molecular complexity index is 339. The summed E-state index contributed by atoms with van der Waals surface area (Å²) in [5.74, 6) is 0.840. The molecule has 3 nitrogen and oxygen atoms in total. The number of aryl methyl sites for hydroxylation is 1. The van der Waals surface area contributed by atoms with Crippen LogP contribution in [0.3, 0.4) is 0 Å². The first-order chi connectivity index (χ1) is 8.38. The SMILES string of the molecule is O=CCCc1ccc(OC2CCCCO2)cc1. The van der Waals surface area contributed by atoms with Gasteiger partial charge in [0.2, 0.25) is 0 Å². The summed E-state index contributed by atoms with van der Waals surface area (Å²) in [4.78, 5) is 10.3. The zero-order valence-corrected chi connectivity index (χ0v) is 9.93. The molecule has 1 aromatic rings. The zero-order valence-electron chi connectivity index (χ0n) is 9.93. The monoisotopic (exact) mass is 234 g/mol. The molecule has 1 fully saturated rings. The van der Waals surface area contributed by atoms with E-state index in [1.165, 1.54) is 6.42 Å². The van der Waals surface area contributed by atoms with Crippen molar-refractivity contribution in [1.82, 2.24) is 0 Å². The average molecular weight is 234 g/mol. The van der Waals surface area contributed by atoms with E-state index in [0.29, 0.717) is 6.42 Å². The lowest BCUT2D eigenvalue weighted by atomic mass is 10.1. The van der Waals surface area contributed by atoms with E-state index >= 15 is 0 Å². The van der Waals surface area contributed by atoms with Crippen LogP contribution in [0.2, 0.25) is 0 Å². The highest BCUT2D eigenvalue weighted by Crippen LogP contribution is 2.19. The van der Waals surface area contributed by atoms with Crippen LogP contribution in [-0.4, -0.2) is 19.2 Å². The summed E-state index contributed by atoms with van der Waals surface area (Å²) in [5.41, 5.74) is 1.16. The summed E-state index contributed by atoms with van der Waals surface area (Å²) in [5, 5.41) is 0. The molecular formula is C14H18O3. The number of hydrogen-bond acceptors (Lipinski definition) is 3. The van der Waals surface area contributed by atoms with Crippen molar-refractivity contribution < 1.29 is 14.3 Å². The van der Waals surface area contributed by atoms with Crippen molar-refractivity contribution in [3.8, 4) is 5.75 Å². The highest BCUT2D eigenvalue weighted by molar-refractivity contribution is 5.50. The van der Waals surface area contributed by atoms with Crippen LogP contribution < -0.4 is 4.74 Å². The Morgan fingerprint density at radius 1 is 1.29 bits per heavy atom. The summed E-state index contributed by atoms with van der Waals surface area (Å²) in [6, 6.07) is 7.89. The van der Waals surface area contributed by atoms with E-state index in [4.69, 9.17) is 9.47 Å². The number of carbonyl (C=O) groups excluding carboxylic acids is 1. The maximum Gasteiger partial charge on any atom is 0.199 e. The van der Waals surface area contributed by atoms with Crippen LogP contribution in [0.4, 0.5) is 0 Å². The zero-order chi connectivity index (χ0) is 11.9. The maximum absolute atomic E-state index is 10.3. The van der Waals surface area contributed by atoms with Gasteiger partial charge in [0.15, 0.2) is 6.29 Å². The molecule has 1 heterocycles. The van der Waals surface area contributed by atoms with E-state index in [2.05, 4.69) is 0 Å². The lowest BCUT2D eigenvalue weighted by Crippen LogP contribution is -2.24. The van der Waals surface area contributed by atoms with Gasteiger partial charge < -0.3 is 14.3 Å². The van der Waals surface area contributed by atoms with Crippen molar-refractivity contribution in [3.05, 3.63) is 29.8 Å². The first kappa shape index (κ1) is 12.1. The average Bonchev–Trinajstić information content (AvgIpc) is 2.39. The number of carbonyl (C=O) groups is 1. The molecule has 0 N–H and O–H groups in total. The minimum Gasteiger partial charge on any atom is -0.465 e. The van der Waals surface area contributed by atoms with E-state index < -0.39 is 0 Å². The molecule has 0 amide bonds. The standard InChI is InChI=1S/C14H18O3/c15-10-3-4-12-6-8-13(9-7-12)17-14-5-1-2-11-16-14/h6-10,14H,1-5,11H2. The minimum atomic E-state index is -0.0930. The van der Waals surface area contributed by atoms with Gasteiger partial charge in [-0.15, -0.1) is 0 Å². The van der Waals surface area contributed by atoms with Crippen LogP contribution in [0.25, 0.3) is 0 Å². The molecule has 92 valence electrons. The van der Waals surface area contributed by atoms with Crippen LogP contribution in [0, 0.1) is 0 Å².